The molecule has 1 aromatic heterocycles. The number of hydrogen-bond donors (Lipinski definition) is 1. The molecule has 1 atom stereocenters. The van der Waals surface area contributed by atoms with Crippen LogP contribution in [-0.2, 0) is 23.2 Å². The van der Waals surface area contributed by atoms with Crippen LogP contribution in [0.1, 0.15) is 49.4 Å². The maximum Gasteiger partial charge on any atom is 0.234 e. The Labute approximate surface area is 193 Å². The van der Waals surface area contributed by atoms with E-state index in [0.717, 1.165) is 33.7 Å². The van der Waals surface area contributed by atoms with Crippen LogP contribution in [0.25, 0.3) is 11.1 Å². The third-order valence-corrected chi connectivity index (χ3v) is 5.70. The maximum absolute atomic E-state index is 12.3. The van der Waals surface area contributed by atoms with Crippen LogP contribution in [0, 0.1) is 6.92 Å². The van der Waals surface area contributed by atoms with Crippen LogP contribution in [-0.4, -0.2) is 21.6 Å². The molecule has 1 N–H and O–H groups in total. The lowest BCUT2D eigenvalue weighted by atomic mass is 9.87. The molecule has 0 aliphatic carbocycles. The number of carbonyl (C=O) groups excluding carboxylic acids is 2. The van der Waals surface area contributed by atoms with Gasteiger partial charge in [0.25, 0.3) is 0 Å². The van der Waals surface area contributed by atoms with Gasteiger partial charge in [0.15, 0.2) is 0 Å². The van der Waals surface area contributed by atoms with Gasteiger partial charge in [-0.3, -0.25) is 19.6 Å². The lowest BCUT2D eigenvalue weighted by Crippen LogP contribution is -2.39. The van der Waals surface area contributed by atoms with Gasteiger partial charge < -0.3 is 4.74 Å². The molecule has 4 rings (SSSR count). The fourth-order valence-corrected chi connectivity index (χ4v) is 4.17. The molecule has 2 aromatic carbocycles. The number of nitrogens with one attached hydrogen (secondary N) is 1. The van der Waals surface area contributed by atoms with Crippen molar-refractivity contribution in [1.82, 2.24) is 15.1 Å². The highest BCUT2D eigenvalue weighted by molar-refractivity contribution is 6.34. The molecule has 0 spiro atoms. The zero-order chi connectivity index (χ0) is 23.3. The second kappa shape index (κ2) is 10.5. The molecule has 32 heavy (non-hydrogen) atoms. The molecule has 6 nitrogen and oxygen atoms in total. The molecular weight excluding hydrogens is 426 g/mol. The Morgan fingerprint density at radius 3 is 2.47 bits per heavy atom. The highest BCUT2D eigenvalue weighted by Gasteiger charge is 2.30. The lowest BCUT2D eigenvalue weighted by Gasteiger charge is -2.23. The Bertz CT molecular complexity index is 1110. The molecule has 0 bridgehead atoms. The van der Waals surface area contributed by atoms with Crippen molar-refractivity contribution in [3.63, 3.8) is 0 Å². The second-order valence-corrected chi connectivity index (χ2v) is 7.84. The van der Waals surface area contributed by atoms with E-state index in [9.17, 15) is 9.59 Å². The van der Waals surface area contributed by atoms with E-state index in [1.807, 2.05) is 76.5 Å². The van der Waals surface area contributed by atoms with Gasteiger partial charge in [0.1, 0.15) is 12.4 Å². The first-order valence-electron chi connectivity index (χ1n) is 10.8. The average Bonchev–Trinajstić information content (AvgIpc) is 3.20. The highest BCUT2D eigenvalue weighted by atomic mass is 35.5. The molecule has 3 aromatic rings. The largest absolute Gasteiger partial charge is 0.487 e. The standard InChI is InChI=1S/C23H22ClN3O3.C2H6/c1-14-3-8-18(19-9-10-20(28)25-23(19)29)22(24)21(14)15-4-6-17(7-5-15)30-13-16-11-12-27(2)26-16;1-2/h3-8,11-12,19H,9-10,13H2,1-2H3,(H,25,28,29);1-2H3. The number of imide groups is 1. The Balaban J connectivity index is 0.00000141. The average molecular weight is 454 g/mol. The van der Waals surface area contributed by atoms with E-state index >= 15 is 0 Å². The number of nitrogens with zero attached hydrogens (tertiary/aromatic N) is 2. The van der Waals surface area contributed by atoms with Crippen LogP contribution >= 0.6 is 11.6 Å². The molecule has 1 fully saturated rings. The molecule has 2 heterocycles. The molecule has 1 saturated heterocycles. The van der Waals surface area contributed by atoms with Gasteiger partial charge in [-0.1, -0.05) is 49.7 Å². The van der Waals surface area contributed by atoms with E-state index in [0.29, 0.717) is 24.5 Å². The summed E-state index contributed by atoms with van der Waals surface area (Å²) in [5.74, 6) is -0.211. The van der Waals surface area contributed by atoms with Gasteiger partial charge in [-0.15, -0.1) is 0 Å². The van der Waals surface area contributed by atoms with Crippen LogP contribution < -0.4 is 10.1 Å². The van der Waals surface area contributed by atoms with Crippen LogP contribution in [0.2, 0.25) is 5.02 Å². The van der Waals surface area contributed by atoms with Crippen LogP contribution in [0.4, 0.5) is 0 Å². The summed E-state index contributed by atoms with van der Waals surface area (Å²) in [5.41, 5.74) is 4.44. The minimum atomic E-state index is -0.421. The number of piperidine rings is 1. The van der Waals surface area contributed by atoms with E-state index in [2.05, 4.69) is 10.4 Å². The summed E-state index contributed by atoms with van der Waals surface area (Å²) >= 11 is 6.76. The van der Waals surface area contributed by atoms with Crippen molar-refractivity contribution in [1.29, 1.82) is 0 Å². The van der Waals surface area contributed by atoms with Gasteiger partial charge in [0.05, 0.1) is 16.6 Å². The number of carbonyl (C=O) groups is 2. The van der Waals surface area contributed by atoms with Crippen molar-refractivity contribution in [3.05, 3.63) is 70.5 Å². The smallest absolute Gasteiger partial charge is 0.234 e. The van der Waals surface area contributed by atoms with Crippen LogP contribution in [0.5, 0.6) is 5.75 Å². The van der Waals surface area contributed by atoms with Crippen molar-refractivity contribution in [2.24, 2.45) is 7.05 Å². The molecule has 0 radical (unpaired) electrons. The minimum absolute atomic E-state index is 0.235. The first-order valence-corrected chi connectivity index (χ1v) is 11.1. The van der Waals surface area contributed by atoms with Gasteiger partial charge in [0, 0.05) is 25.2 Å². The summed E-state index contributed by atoms with van der Waals surface area (Å²) in [5, 5.41) is 7.25. The number of benzene rings is 2. The fourth-order valence-electron chi connectivity index (χ4n) is 3.72. The van der Waals surface area contributed by atoms with Crippen LogP contribution in [0.3, 0.4) is 0 Å². The highest BCUT2D eigenvalue weighted by Crippen LogP contribution is 2.39. The molecular formula is C25H28ClN3O3. The number of rotatable bonds is 5. The van der Waals surface area contributed by atoms with E-state index in [-0.39, 0.29) is 11.8 Å². The van der Waals surface area contributed by atoms with E-state index in [1.54, 1.807) is 4.68 Å². The zero-order valence-electron chi connectivity index (χ0n) is 18.8. The van der Waals surface area contributed by atoms with Gasteiger partial charge in [0.2, 0.25) is 11.8 Å². The number of amides is 2. The van der Waals surface area contributed by atoms with Gasteiger partial charge in [-0.25, -0.2) is 0 Å². The van der Waals surface area contributed by atoms with Crippen LogP contribution in [0.15, 0.2) is 48.7 Å². The minimum Gasteiger partial charge on any atom is -0.487 e. The predicted molar refractivity (Wildman–Crippen MR) is 126 cm³/mol. The Morgan fingerprint density at radius 2 is 1.84 bits per heavy atom. The van der Waals surface area contributed by atoms with Crippen molar-refractivity contribution >= 4 is 23.4 Å². The predicted octanol–water partition coefficient (Wildman–Crippen LogP) is 5.17. The van der Waals surface area contributed by atoms with Gasteiger partial charge in [-0.05, 0) is 48.2 Å². The maximum atomic E-state index is 12.3. The molecule has 1 unspecified atom stereocenters. The van der Waals surface area contributed by atoms with Crippen molar-refractivity contribution in [2.45, 2.75) is 46.1 Å². The summed E-state index contributed by atoms with van der Waals surface area (Å²) in [7, 11) is 1.87. The number of hydrogen-bond acceptors (Lipinski definition) is 4. The SMILES string of the molecule is CC.Cc1ccc(C2CCC(=O)NC2=O)c(Cl)c1-c1ccc(OCc2ccn(C)n2)cc1. The summed E-state index contributed by atoms with van der Waals surface area (Å²) in [4.78, 5) is 23.8. The van der Waals surface area contributed by atoms with E-state index < -0.39 is 5.92 Å². The molecule has 2 amide bonds. The monoisotopic (exact) mass is 453 g/mol. The summed E-state index contributed by atoms with van der Waals surface area (Å²) < 4.78 is 7.54. The third-order valence-electron chi connectivity index (χ3n) is 5.29. The topological polar surface area (TPSA) is 73.2 Å². The first kappa shape index (κ1) is 23.5. The van der Waals surface area contributed by atoms with Crippen molar-refractivity contribution in [2.75, 3.05) is 0 Å². The summed E-state index contributed by atoms with van der Waals surface area (Å²) in [6, 6.07) is 13.5. The Kier molecular flexibility index (Phi) is 7.70. The lowest BCUT2D eigenvalue weighted by molar-refractivity contribution is -0.134. The molecule has 1 aliphatic heterocycles. The number of aryl methyl sites for hydroxylation is 2. The second-order valence-electron chi connectivity index (χ2n) is 7.46. The van der Waals surface area contributed by atoms with Crippen molar-refractivity contribution in [3.8, 4) is 16.9 Å². The fraction of sp³-hybridized carbons (Fsp3) is 0.320. The summed E-state index contributed by atoms with van der Waals surface area (Å²) in [6.07, 6.45) is 2.66. The Morgan fingerprint density at radius 1 is 1.12 bits per heavy atom. The van der Waals surface area contributed by atoms with Crippen molar-refractivity contribution < 1.29 is 14.3 Å². The first-order chi connectivity index (χ1) is 15.4. The molecule has 7 heteroatoms. The van der Waals surface area contributed by atoms with Gasteiger partial charge in [-0.2, -0.15) is 5.10 Å². The number of aromatic nitrogens is 2. The van der Waals surface area contributed by atoms with E-state index in [4.69, 9.17) is 16.3 Å². The normalized spacial score (nSPS) is 15.6. The zero-order valence-corrected chi connectivity index (χ0v) is 19.6. The molecule has 0 saturated carbocycles. The van der Waals surface area contributed by atoms with Gasteiger partial charge >= 0.3 is 0 Å². The molecule has 168 valence electrons. The Hall–Kier alpha value is -3.12. The third kappa shape index (κ3) is 5.19. The number of ether oxygens (including phenoxy) is 1. The number of halogens is 1. The molecule has 1 aliphatic rings. The summed E-state index contributed by atoms with van der Waals surface area (Å²) in [6.45, 7) is 6.38. The quantitative estimate of drug-likeness (QED) is 0.540. The van der Waals surface area contributed by atoms with E-state index in [1.165, 1.54) is 0 Å².